The molecule has 0 bridgehead atoms. The van der Waals surface area contributed by atoms with Crippen molar-refractivity contribution in [3.8, 4) is 0 Å². The average molecular weight is 377 g/mol. The van der Waals surface area contributed by atoms with Crippen LogP contribution >= 0.6 is 0 Å². The lowest BCUT2D eigenvalue weighted by atomic mass is 10.0. The van der Waals surface area contributed by atoms with E-state index in [1.54, 1.807) is 6.08 Å². The Balaban J connectivity index is 1.23. The Morgan fingerprint density at radius 2 is 1.89 bits per heavy atom. The van der Waals surface area contributed by atoms with Crippen LogP contribution in [0.4, 0.5) is 0 Å². The number of piperidine rings is 1. The normalized spacial score (nSPS) is 23.1. The molecule has 1 aliphatic carbocycles. The maximum Gasteiger partial charge on any atom is 0.328 e. The zero-order chi connectivity index (χ0) is 19.3. The van der Waals surface area contributed by atoms with E-state index < -0.39 is 5.97 Å². The quantitative estimate of drug-likeness (QED) is 0.720. The summed E-state index contributed by atoms with van der Waals surface area (Å²) in [6.07, 6.45) is 6.49. The summed E-state index contributed by atoms with van der Waals surface area (Å²) in [5.41, 5.74) is 3.65. The van der Waals surface area contributed by atoms with Gasteiger partial charge < -0.3 is 10.4 Å². The standard InChI is InChI=1S/C24H28N2O2/c27-24(28)10-9-18-5-4-6-19(15-18)17-26-13-11-21(12-14-26)25-23-16-22(23)20-7-2-1-3-8-20/h1-10,15,21-23,25H,11-14,16-17H2,(H,27,28)/t22-,23+/m0/s1. The summed E-state index contributed by atoms with van der Waals surface area (Å²) >= 11 is 0. The summed E-state index contributed by atoms with van der Waals surface area (Å²) in [4.78, 5) is 13.2. The summed E-state index contributed by atoms with van der Waals surface area (Å²) < 4.78 is 0. The number of hydrogen-bond donors (Lipinski definition) is 2. The molecule has 2 aromatic carbocycles. The minimum absolute atomic E-state index is 0.625. The summed E-state index contributed by atoms with van der Waals surface area (Å²) in [5.74, 6) is -0.217. The van der Waals surface area contributed by atoms with Gasteiger partial charge >= 0.3 is 5.97 Å². The van der Waals surface area contributed by atoms with E-state index in [1.165, 1.54) is 36.5 Å². The molecule has 1 saturated heterocycles. The molecule has 1 aliphatic heterocycles. The van der Waals surface area contributed by atoms with Crippen LogP contribution in [-0.2, 0) is 11.3 Å². The monoisotopic (exact) mass is 376 g/mol. The topological polar surface area (TPSA) is 52.6 Å². The van der Waals surface area contributed by atoms with Gasteiger partial charge in [-0.25, -0.2) is 4.79 Å². The van der Waals surface area contributed by atoms with Crippen LogP contribution in [0.15, 0.2) is 60.7 Å². The molecule has 2 aromatic rings. The van der Waals surface area contributed by atoms with Gasteiger partial charge in [-0.2, -0.15) is 0 Å². The fourth-order valence-corrected chi connectivity index (χ4v) is 4.23. The van der Waals surface area contributed by atoms with Crippen molar-refractivity contribution in [2.75, 3.05) is 13.1 Å². The van der Waals surface area contributed by atoms with Gasteiger partial charge in [-0.05, 0) is 55.1 Å². The van der Waals surface area contributed by atoms with Crippen LogP contribution in [0.3, 0.4) is 0 Å². The van der Waals surface area contributed by atoms with E-state index in [0.717, 1.165) is 25.2 Å². The molecule has 146 valence electrons. The summed E-state index contributed by atoms with van der Waals surface area (Å²) in [6, 6.07) is 20.3. The van der Waals surface area contributed by atoms with Crippen molar-refractivity contribution in [2.24, 2.45) is 0 Å². The van der Waals surface area contributed by atoms with Crippen molar-refractivity contribution < 1.29 is 9.90 Å². The lowest BCUT2D eigenvalue weighted by Gasteiger charge is -2.32. The molecular weight excluding hydrogens is 348 g/mol. The van der Waals surface area contributed by atoms with Crippen LogP contribution in [0.5, 0.6) is 0 Å². The molecule has 2 fully saturated rings. The Bertz CT molecular complexity index is 826. The van der Waals surface area contributed by atoms with Gasteiger partial charge in [0.2, 0.25) is 0 Å². The van der Waals surface area contributed by atoms with Crippen LogP contribution in [0.2, 0.25) is 0 Å². The Hall–Kier alpha value is -2.43. The van der Waals surface area contributed by atoms with Crippen molar-refractivity contribution in [3.05, 3.63) is 77.4 Å². The van der Waals surface area contributed by atoms with E-state index >= 15 is 0 Å². The number of aliphatic carboxylic acids is 1. The third-order valence-electron chi connectivity index (χ3n) is 5.83. The average Bonchev–Trinajstić information content (AvgIpc) is 3.48. The Labute approximate surface area is 166 Å². The number of nitrogens with one attached hydrogen (secondary N) is 1. The molecule has 0 radical (unpaired) electrons. The molecule has 2 atom stereocenters. The molecule has 4 nitrogen and oxygen atoms in total. The highest BCUT2D eigenvalue weighted by Crippen LogP contribution is 2.41. The van der Waals surface area contributed by atoms with Gasteiger partial charge in [-0.1, -0.05) is 54.6 Å². The van der Waals surface area contributed by atoms with Crippen molar-refractivity contribution in [1.29, 1.82) is 0 Å². The number of likely N-dealkylation sites (tertiary alicyclic amines) is 1. The van der Waals surface area contributed by atoms with Gasteiger partial charge in [0.05, 0.1) is 0 Å². The van der Waals surface area contributed by atoms with Crippen LogP contribution in [0.25, 0.3) is 6.08 Å². The predicted octanol–water partition coefficient (Wildman–Crippen LogP) is 3.89. The lowest BCUT2D eigenvalue weighted by Crippen LogP contribution is -2.43. The summed E-state index contributed by atoms with van der Waals surface area (Å²) in [6.45, 7) is 3.14. The zero-order valence-corrected chi connectivity index (χ0v) is 16.1. The van der Waals surface area contributed by atoms with Crippen LogP contribution < -0.4 is 5.32 Å². The van der Waals surface area contributed by atoms with Gasteiger partial charge in [0.25, 0.3) is 0 Å². The van der Waals surface area contributed by atoms with E-state index in [-0.39, 0.29) is 0 Å². The second kappa shape index (κ2) is 8.72. The summed E-state index contributed by atoms with van der Waals surface area (Å²) in [7, 11) is 0. The molecule has 1 heterocycles. The van der Waals surface area contributed by atoms with Crippen molar-refractivity contribution >= 4 is 12.0 Å². The third-order valence-corrected chi connectivity index (χ3v) is 5.83. The van der Waals surface area contributed by atoms with Gasteiger partial charge in [0.1, 0.15) is 0 Å². The van der Waals surface area contributed by atoms with E-state index in [4.69, 9.17) is 5.11 Å². The molecule has 28 heavy (non-hydrogen) atoms. The Morgan fingerprint density at radius 1 is 1.11 bits per heavy atom. The molecule has 1 saturated carbocycles. The van der Waals surface area contributed by atoms with Gasteiger partial charge in [0, 0.05) is 30.6 Å². The van der Waals surface area contributed by atoms with E-state index in [1.807, 2.05) is 12.1 Å². The van der Waals surface area contributed by atoms with Gasteiger partial charge in [0.15, 0.2) is 0 Å². The van der Waals surface area contributed by atoms with Crippen LogP contribution in [0, 0.1) is 0 Å². The number of nitrogens with zero attached hydrogens (tertiary/aromatic N) is 1. The first-order valence-corrected chi connectivity index (χ1v) is 10.2. The van der Waals surface area contributed by atoms with E-state index in [0.29, 0.717) is 18.0 Å². The zero-order valence-electron chi connectivity index (χ0n) is 16.1. The predicted molar refractivity (Wildman–Crippen MR) is 112 cm³/mol. The SMILES string of the molecule is O=C(O)C=Cc1cccc(CN2CCC(N[C@@H]3C[C@H]3c3ccccc3)CC2)c1. The number of carboxylic acid groups (broad SMARTS) is 1. The van der Waals surface area contributed by atoms with Crippen molar-refractivity contribution in [3.63, 3.8) is 0 Å². The molecule has 0 amide bonds. The third kappa shape index (κ3) is 5.09. The number of benzene rings is 2. The number of carbonyl (C=O) groups is 1. The van der Waals surface area contributed by atoms with Crippen LogP contribution in [0.1, 0.15) is 41.9 Å². The van der Waals surface area contributed by atoms with Crippen molar-refractivity contribution in [2.45, 2.75) is 43.8 Å². The number of hydrogen-bond acceptors (Lipinski definition) is 3. The lowest BCUT2D eigenvalue weighted by molar-refractivity contribution is -0.131. The molecule has 0 spiro atoms. The first-order chi connectivity index (χ1) is 13.7. The molecule has 0 aromatic heterocycles. The first-order valence-electron chi connectivity index (χ1n) is 10.2. The molecule has 4 rings (SSSR count). The highest BCUT2D eigenvalue weighted by atomic mass is 16.4. The molecular formula is C24H28N2O2. The van der Waals surface area contributed by atoms with E-state index in [2.05, 4.69) is 52.7 Å². The largest absolute Gasteiger partial charge is 0.478 e. The summed E-state index contributed by atoms with van der Waals surface area (Å²) in [5, 5.41) is 12.6. The maximum atomic E-state index is 10.7. The highest BCUT2D eigenvalue weighted by molar-refractivity contribution is 5.85. The number of carboxylic acids is 1. The molecule has 2 aliphatic rings. The molecule has 0 unspecified atom stereocenters. The smallest absolute Gasteiger partial charge is 0.328 e. The fourth-order valence-electron chi connectivity index (χ4n) is 4.23. The first kappa shape index (κ1) is 18.9. The minimum atomic E-state index is -0.912. The fraction of sp³-hybridized carbons (Fsp3) is 0.375. The minimum Gasteiger partial charge on any atom is -0.478 e. The Kier molecular flexibility index (Phi) is 5.89. The van der Waals surface area contributed by atoms with E-state index in [9.17, 15) is 4.79 Å². The van der Waals surface area contributed by atoms with Crippen molar-refractivity contribution in [1.82, 2.24) is 10.2 Å². The van der Waals surface area contributed by atoms with Gasteiger partial charge in [-0.15, -0.1) is 0 Å². The second-order valence-electron chi connectivity index (χ2n) is 7.99. The number of rotatable bonds is 7. The molecule has 4 heteroatoms. The maximum absolute atomic E-state index is 10.7. The highest BCUT2D eigenvalue weighted by Gasteiger charge is 2.39. The van der Waals surface area contributed by atoms with Crippen LogP contribution in [-0.4, -0.2) is 41.1 Å². The van der Waals surface area contributed by atoms with Gasteiger partial charge in [-0.3, -0.25) is 4.90 Å². The Morgan fingerprint density at radius 3 is 2.64 bits per heavy atom. The second-order valence-corrected chi connectivity index (χ2v) is 7.99. The molecule has 2 N–H and O–H groups in total.